The lowest BCUT2D eigenvalue weighted by molar-refractivity contribution is -0.118. The Labute approximate surface area is 118 Å². The molecule has 108 valence electrons. The molecule has 1 aliphatic rings. The van der Waals surface area contributed by atoms with Crippen molar-refractivity contribution in [2.45, 2.75) is 19.3 Å². The molecule has 5 heteroatoms. The summed E-state index contributed by atoms with van der Waals surface area (Å²) in [6, 6.07) is 6.59. The smallest absolute Gasteiger partial charge is 0.337 e. The Morgan fingerprint density at radius 3 is 2.80 bits per heavy atom. The number of hydrogen-bond donors (Lipinski definition) is 2. The predicted octanol–water partition coefficient (Wildman–Crippen LogP) is 1.74. The molecule has 0 spiro atoms. The number of rotatable bonds is 5. The number of nitrogens with zero attached hydrogens (tertiary/aromatic N) is 1. The maximum atomic E-state index is 12.2. The molecule has 1 amide bonds. The highest BCUT2D eigenvalue weighted by atomic mass is 16.4. The van der Waals surface area contributed by atoms with E-state index in [9.17, 15) is 9.59 Å². The first-order chi connectivity index (χ1) is 9.59. The van der Waals surface area contributed by atoms with Gasteiger partial charge in [0.2, 0.25) is 5.91 Å². The fourth-order valence-corrected chi connectivity index (χ4v) is 2.54. The molecule has 2 rings (SSSR count). The fraction of sp³-hybridized carbons (Fsp3) is 0.467. The molecular weight excluding hydrogens is 256 g/mol. The summed E-state index contributed by atoms with van der Waals surface area (Å²) in [5.74, 6) is -0.493. The summed E-state index contributed by atoms with van der Waals surface area (Å²) in [5.41, 5.74) is 0.612. The SMILES string of the molecule is CN(C(=O)CCC1CCNC1)c1ccccc1C(=O)O. The van der Waals surface area contributed by atoms with Gasteiger partial charge in [-0.25, -0.2) is 4.79 Å². The van der Waals surface area contributed by atoms with Crippen molar-refractivity contribution < 1.29 is 14.7 Å². The second-order valence-corrected chi connectivity index (χ2v) is 5.17. The van der Waals surface area contributed by atoms with Crippen LogP contribution in [0.2, 0.25) is 0 Å². The number of aromatic carboxylic acids is 1. The van der Waals surface area contributed by atoms with Gasteiger partial charge in [0.25, 0.3) is 0 Å². The van der Waals surface area contributed by atoms with E-state index in [2.05, 4.69) is 5.32 Å². The molecule has 1 aromatic rings. The van der Waals surface area contributed by atoms with Crippen LogP contribution >= 0.6 is 0 Å². The van der Waals surface area contributed by atoms with E-state index >= 15 is 0 Å². The average Bonchev–Trinajstić information content (AvgIpc) is 2.97. The highest BCUT2D eigenvalue weighted by Crippen LogP contribution is 2.21. The van der Waals surface area contributed by atoms with Gasteiger partial charge >= 0.3 is 5.97 Å². The molecule has 1 aliphatic heterocycles. The molecule has 0 bridgehead atoms. The standard InChI is InChI=1S/C15H20N2O3/c1-17(13-5-3-2-4-12(13)15(19)20)14(18)7-6-11-8-9-16-10-11/h2-5,11,16H,6-10H2,1H3,(H,19,20). The van der Waals surface area contributed by atoms with Gasteiger partial charge in [-0.05, 0) is 44.0 Å². The Balaban J connectivity index is 2.00. The van der Waals surface area contributed by atoms with Gasteiger partial charge in [-0.3, -0.25) is 4.79 Å². The lowest BCUT2D eigenvalue weighted by Gasteiger charge is -2.20. The van der Waals surface area contributed by atoms with Crippen molar-refractivity contribution in [3.05, 3.63) is 29.8 Å². The van der Waals surface area contributed by atoms with E-state index in [1.807, 2.05) is 0 Å². The molecule has 1 fully saturated rings. The minimum Gasteiger partial charge on any atom is -0.478 e. The Bertz CT molecular complexity index is 496. The number of anilines is 1. The summed E-state index contributed by atoms with van der Waals surface area (Å²) >= 11 is 0. The van der Waals surface area contributed by atoms with Crippen LogP contribution in [-0.2, 0) is 4.79 Å². The Morgan fingerprint density at radius 1 is 1.40 bits per heavy atom. The van der Waals surface area contributed by atoms with Gasteiger partial charge in [0.05, 0.1) is 11.3 Å². The zero-order valence-corrected chi connectivity index (χ0v) is 11.6. The number of nitrogens with one attached hydrogen (secondary N) is 1. The second kappa shape index (κ2) is 6.52. The first-order valence-corrected chi connectivity index (χ1v) is 6.89. The number of para-hydroxylation sites is 1. The molecule has 0 aromatic heterocycles. The Morgan fingerprint density at radius 2 is 2.15 bits per heavy atom. The summed E-state index contributed by atoms with van der Waals surface area (Å²) in [6.45, 7) is 2.00. The third-order valence-corrected chi connectivity index (χ3v) is 3.80. The monoisotopic (exact) mass is 276 g/mol. The Hall–Kier alpha value is -1.88. The minimum atomic E-state index is -1.01. The van der Waals surface area contributed by atoms with Crippen molar-refractivity contribution in [1.29, 1.82) is 0 Å². The zero-order valence-electron chi connectivity index (χ0n) is 11.6. The lowest BCUT2D eigenvalue weighted by atomic mass is 10.0. The molecule has 5 nitrogen and oxygen atoms in total. The van der Waals surface area contributed by atoms with Crippen LogP contribution in [0.3, 0.4) is 0 Å². The van der Waals surface area contributed by atoms with Crippen molar-refractivity contribution in [3.63, 3.8) is 0 Å². The topological polar surface area (TPSA) is 69.6 Å². The molecule has 0 saturated carbocycles. The van der Waals surface area contributed by atoms with Crippen LogP contribution < -0.4 is 10.2 Å². The molecular formula is C15H20N2O3. The third kappa shape index (κ3) is 3.36. The van der Waals surface area contributed by atoms with E-state index in [1.165, 1.54) is 11.0 Å². The normalized spacial score (nSPS) is 17.9. The summed E-state index contributed by atoms with van der Waals surface area (Å²) in [4.78, 5) is 24.8. The van der Waals surface area contributed by atoms with Gasteiger partial charge in [0.15, 0.2) is 0 Å². The van der Waals surface area contributed by atoms with Crippen molar-refractivity contribution in [3.8, 4) is 0 Å². The van der Waals surface area contributed by atoms with Crippen LogP contribution in [0.4, 0.5) is 5.69 Å². The van der Waals surface area contributed by atoms with Gasteiger partial charge in [0, 0.05) is 13.5 Å². The van der Waals surface area contributed by atoms with Crippen LogP contribution in [0.1, 0.15) is 29.6 Å². The highest BCUT2D eigenvalue weighted by Gasteiger charge is 2.20. The molecule has 1 heterocycles. The fourth-order valence-electron chi connectivity index (χ4n) is 2.54. The first-order valence-electron chi connectivity index (χ1n) is 6.89. The largest absolute Gasteiger partial charge is 0.478 e. The van der Waals surface area contributed by atoms with Crippen molar-refractivity contribution >= 4 is 17.6 Å². The van der Waals surface area contributed by atoms with Gasteiger partial charge in [-0.15, -0.1) is 0 Å². The highest BCUT2D eigenvalue weighted by molar-refractivity contribution is 6.01. The van der Waals surface area contributed by atoms with E-state index in [0.29, 0.717) is 18.0 Å². The van der Waals surface area contributed by atoms with Crippen molar-refractivity contribution in [2.75, 3.05) is 25.0 Å². The maximum Gasteiger partial charge on any atom is 0.337 e. The molecule has 0 radical (unpaired) electrons. The third-order valence-electron chi connectivity index (χ3n) is 3.80. The summed E-state index contributed by atoms with van der Waals surface area (Å²) in [7, 11) is 1.64. The average molecular weight is 276 g/mol. The van der Waals surface area contributed by atoms with Crippen LogP contribution in [0.5, 0.6) is 0 Å². The predicted molar refractivity (Wildman–Crippen MR) is 77.0 cm³/mol. The molecule has 1 atom stereocenters. The van der Waals surface area contributed by atoms with Gasteiger partial charge in [-0.2, -0.15) is 0 Å². The summed E-state index contributed by atoms with van der Waals surface area (Å²) in [5, 5.41) is 12.4. The number of benzene rings is 1. The quantitative estimate of drug-likeness (QED) is 0.859. The number of amides is 1. The van der Waals surface area contributed by atoms with Crippen LogP contribution in [0.25, 0.3) is 0 Å². The van der Waals surface area contributed by atoms with Crippen molar-refractivity contribution in [2.24, 2.45) is 5.92 Å². The van der Waals surface area contributed by atoms with Gasteiger partial charge < -0.3 is 15.3 Å². The molecule has 2 N–H and O–H groups in total. The molecule has 20 heavy (non-hydrogen) atoms. The van der Waals surface area contributed by atoms with E-state index < -0.39 is 5.97 Å². The van der Waals surface area contributed by atoms with Crippen LogP contribution in [0.15, 0.2) is 24.3 Å². The Kier molecular flexibility index (Phi) is 4.74. The van der Waals surface area contributed by atoms with Crippen molar-refractivity contribution in [1.82, 2.24) is 5.32 Å². The van der Waals surface area contributed by atoms with Gasteiger partial charge in [-0.1, -0.05) is 12.1 Å². The van der Waals surface area contributed by atoms with Crippen LogP contribution in [0, 0.1) is 5.92 Å². The summed E-state index contributed by atoms with van der Waals surface area (Å²) < 4.78 is 0. The molecule has 1 aromatic carbocycles. The lowest BCUT2D eigenvalue weighted by Crippen LogP contribution is -2.28. The minimum absolute atomic E-state index is 0.0365. The maximum absolute atomic E-state index is 12.2. The number of carboxylic acid groups (broad SMARTS) is 1. The molecule has 1 unspecified atom stereocenters. The van der Waals surface area contributed by atoms with E-state index in [0.717, 1.165) is 25.9 Å². The molecule has 1 saturated heterocycles. The molecule has 0 aliphatic carbocycles. The number of hydrogen-bond acceptors (Lipinski definition) is 3. The number of carbonyl (C=O) groups is 2. The first kappa shape index (κ1) is 14.5. The number of carboxylic acids is 1. The van der Waals surface area contributed by atoms with Crippen LogP contribution in [-0.4, -0.2) is 37.1 Å². The second-order valence-electron chi connectivity index (χ2n) is 5.17. The number of carbonyl (C=O) groups excluding carboxylic acids is 1. The van der Waals surface area contributed by atoms with E-state index in [4.69, 9.17) is 5.11 Å². The van der Waals surface area contributed by atoms with E-state index in [-0.39, 0.29) is 11.5 Å². The van der Waals surface area contributed by atoms with E-state index in [1.54, 1.807) is 25.2 Å². The summed E-state index contributed by atoms with van der Waals surface area (Å²) in [6.07, 6.45) is 2.42. The van der Waals surface area contributed by atoms with Gasteiger partial charge in [0.1, 0.15) is 0 Å². The zero-order chi connectivity index (χ0) is 14.5.